The molecule has 0 radical (unpaired) electrons. The molecule has 3 aromatic rings. The van der Waals surface area contributed by atoms with Gasteiger partial charge in [0.05, 0.1) is 6.54 Å². The van der Waals surface area contributed by atoms with Crippen LogP contribution < -0.4 is 5.32 Å². The number of benzene rings is 2. The number of carbonyl (C=O) groups excluding carboxylic acids is 2. The predicted molar refractivity (Wildman–Crippen MR) is 91.3 cm³/mol. The Morgan fingerprint density at radius 1 is 1.08 bits per heavy atom. The number of halogens is 2. The fraction of sp³-hybridized carbons (Fsp3) is 0.105. The van der Waals surface area contributed by atoms with Crippen molar-refractivity contribution in [3.8, 4) is 5.69 Å². The highest BCUT2D eigenvalue weighted by Crippen LogP contribution is 2.15. The van der Waals surface area contributed by atoms with Crippen LogP contribution in [0.1, 0.15) is 26.5 Å². The van der Waals surface area contributed by atoms with Crippen molar-refractivity contribution in [2.75, 3.05) is 6.54 Å². The van der Waals surface area contributed by atoms with E-state index in [4.69, 9.17) is 0 Å². The molecule has 5 nitrogen and oxygen atoms in total. The Morgan fingerprint density at radius 3 is 2.46 bits per heavy atom. The van der Waals surface area contributed by atoms with Crippen LogP contribution >= 0.6 is 0 Å². The lowest BCUT2D eigenvalue weighted by Gasteiger charge is -2.05. The number of aromatic nitrogens is 2. The Hall–Kier alpha value is -3.35. The smallest absolute Gasteiger partial charge is 0.272 e. The van der Waals surface area contributed by atoms with E-state index in [-0.39, 0.29) is 23.7 Å². The molecule has 132 valence electrons. The SMILES string of the molecule is Cc1cc(C(=O)NCC(=O)c2ccc(F)cc2)nn1-c1ccccc1F. The minimum absolute atomic E-state index is 0.0673. The lowest BCUT2D eigenvalue weighted by atomic mass is 10.1. The molecule has 1 aromatic heterocycles. The summed E-state index contributed by atoms with van der Waals surface area (Å²) in [5.41, 5.74) is 1.16. The molecule has 0 atom stereocenters. The Morgan fingerprint density at radius 2 is 1.77 bits per heavy atom. The maximum atomic E-state index is 13.9. The lowest BCUT2D eigenvalue weighted by molar-refractivity contribution is 0.0900. The van der Waals surface area contributed by atoms with Crippen molar-refractivity contribution in [3.63, 3.8) is 0 Å². The highest BCUT2D eigenvalue weighted by atomic mass is 19.1. The minimum atomic E-state index is -0.557. The summed E-state index contributed by atoms with van der Waals surface area (Å²) in [6.45, 7) is 1.44. The van der Waals surface area contributed by atoms with Crippen LogP contribution in [0.3, 0.4) is 0 Å². The molecule has 0 spiro atoms. The maximum absolute atomic E-state index is 13.9. The van der Waals surface area contributed by atoms with Crippen molar-refractivity contribution in [3.05, 3.63) is 83.2 Å². The van der Waals surface area contributed by atoms with Gasteiger partial charge in [-0.25, -0.2) is 13.5 Å². The van der Waals surface area contributed by atoms with Crippen LogP contribution in [0.5, 0.6) is 0 Å². The zero-order chi connectivity index (χ0) is 18.7. The largest absolute Gasteiger partial charge is 0.343 e. The quantitative estimate of drug-likeness (QED) is 0.716. The van der Waals surface area contributed by atoms with Crippen molar-refractivity contribution in [2.45, 2.75) is 6.92 Å². The first kappa shape index (κ1) is 17.5. The van der Waals surface area contributed by atoms with Crippen LogP contribution in [0.4, 0.5) is 8.78 Å². The average Bonchev–Trinajstić information content (AvgIpc) is 3.02. The summed E-state index contributed by atoms with van der Waals surface area (Å²) in [4.78, 5) is 24.2. The maximum Gasteiger partial charge on any atom is 0.272 e. The van der Waals surface area contributed by atoms with E-state index >= 15 is 0 Å². The van der Waals surface area contributed by atoms with Gasteiger partial charge in [0.25, 0.3) is 5.91 Å². The first-order chi connectivity index (χ1) is 12.5. The molecule has 26 heavy (non-hydrogen) atoms. The Labute approximate surface area is 148 Å². The molecule has 2 aromatic carbocycles. The summed E-state index contributed by atoms with van der Waals surface area (Å²) in [6.07, 6.45) is 0. The number of amides is 1. The van der Waals surface area contributed by atoms with E-state index in [1.54, 1.807) is 25.1 Å². The number of para-hydroxylation sites is 1. The van der Waals surface area contributed by atoms with Gasteiger partial charge in [-0.05, 0) is 49.4 Å². The Balaban J connectivity index is 1.71. The van der Waals surface area contributed by atoms with Gasteiger partial charge in [0.1, 0.15) is 17.3 Å². The van der Waals surface area contributed by atoms with Gasteiger partial charge in [-0.2, -0.15) is 5.10 Å². The second-order valence-electron chi connectivity index (χ2n) is 5.65. The van der Waals surface area contributed by atoms with Crippen LogP contribution in [0, 0.1) is 18.6 Å². The van der Waals surface area contributed by atoms with Crippen LogP contribution in [0.15, 0.2) is 54.6 Å². The van der Waals surface area contributed by atoms with Crippen molar-refractivity contribution in [1.29, 1.82) is 0 Å². The number of aryl methyl sites for hydroxylation is 1. The van der Waals surface area contributed by atoms with E-state index in [0.29, 0.717) is 11.3 Å². The molecule has 0 aliphatic rings. The molecule has 0 bridgehead atoms. The van der Waals surface area contributed by atoms with E-state index in [0.717, 1.165) is 0 Å². The zero-order valence-electron chi connectivity index (χ0n) is 13.9. The molecule has 0 fully saturated rings. The molecule has 1 N–H and O–H groups in total. The summed E-state index contributed by atoms with van der Waals surface area (Å²) in [5.74, 6) is -1.82. The summed E-state index contributed by atoms with van der Waals surface area (Å²) in [5, 5.41) is 6.57. The second kappa shape index (κ2) is 7.26. The highest BCUT2D eigenvalue weighted by molar-refractivity contribution is 6.01. The molecule has 7 heteroatoms. The van der Waals surface area contributed by atoms with Gasteiger partial charge in [-0.3, -0.25) is 9.59 Å². The van der Waals surface area contributed by atoms with Crippen LogP contribution in [0.25, 0.3) is 5.69 Å². The van der Waals surface area contributed by atoms with Crippen molar-refractivity contribution >= 4 is 11.7 Å². The molecule has 0 saturated carbocycles. The molecular weight excluding hydrogens is 340 g/mol. The van der Waals surface area contributed by atoms with Crippen molar-refractivity contribution < 1.29 is 18.4 Å². The molecule has 0 aliphatic carbocycles. The van der Waals surface area contributed by atoms with Gasteiger partial charge in [-0.1, -0.05) is 12.1 Å². The van der Waals surface area contributed by atoms with Gasteiger partial charge in [0.15, 0.2) is 11.5 Å². The molecule has 0 saturated heterocycles. The average molecular weight is 355 g/mol. The molecule has 3 rings (SSSR count). The summed E-state index contributed by atoms with van der Waals surface area (Å²) in [6, 6.07) is 12.6. The number of ketones is 1. The normalized spacial score (nSPS) is 10.6. The number of nitrogens with one attached hydrogen (secondary N) is 1. The molecule has 1 heterocycles. The first-order valence-electron chi connectivity index (χ1n) is 7.84. The monoisotopic (exact) mass is 355 g/mol. The summed E-state index contributed by atoms with van der Waals surface area (Å²) < 4.78 is 28.1. The highest BCUT2D eigenvalue weighted by Gasteiger charge is 2.16. The Bertz CT molecular complexity index is 965. The number of carbonyl (C=O) groups is 2. The third-order valence-corrected chi connectivity index (χ3v) is 3.78. The zero-order valence-corrected chi connectivity index (χ0v) is 13.9. The van der Waals surface area contributed by atoms with Gasteiger partial charge < -0.3 is 5.32 Å². The van der Waals surface area contributed by atoms with Crippen LogP contribution in [-0.2, 0) is 0 Å². The summed E-state index contributed by atoms with van der Waals surface area (Å²) in [7, 11) is 0. The van der Waals surface area contributed by atoms with Crippen molar-refractivity contribution in [2.24, 2.45) is 0 Å². The molecule has 0 aliphatic heterocycles. The number of hydrogen-bond acceptors (Lipinski definition) is 3. The molecular formula is C19H15F2N3O2. The van der Waals surface area contributed by atoms with Gasteiger partial charge in [0.2, 0.25) is 0 Å². The molecule has 1 amide bonds. The van der Waals surface area contributed by atoms with Gasteiger partial charge >= 0.3 is 0 Å². The third-order valence-electron chi connectivity index (χ3n) is 3.78. The summed E-state index contributed by atoms with van der Waals surface area (Å²) >= 11 is 0. The minimum Gasteiger partial charge on any atom is -0.343 e. The second-order valence-corrected chi connectivity index (χ2v) is 5.65. The van der Waals surface area contributed by atoms with E-state index in [1.807, 2.05) is 0 Å². The van der Waals surface area contributed by atoms with E-state index in [9.17, 15) is 18.4 Å². The number of rotatable bonds is 5. The number of nitrogens with zero attached hydrogens (tertiary/aromatic N) is 2. The fourth-order valence-electron chi connectivity index (χ4n) is 2.44. The van der Waals surface area contributed by atoms with Crippen LogP contribution in [-0.4, -0.2) is 28.0 Å². The van der Waals surface area contributed by atoms with Crippen molar-refractivity contribution in [1.82, 2.24) is 15.1 Å². The Kier molecular flexibility index (Phi) is 4.88. The topological polar surface area (TPSA) is 64.0 Å². The predicted octanol–water partition coefficient (Wildman–Crippen LogP) is 3.07. The van der Waals surface area contributed by atoms with Gasteiger partial charge in [-0.15, -0.1) is 0 Å². The van der Waals surface area contributed by atoms with E-state index < -0.39 is 17.5 Å². The van der Waals surface area contributed by atoms with Crippen LogP contribution in [0.2, 0.25) is 0 Å². The first-order valence-corrected chi connectivity index (χ1v) is 7.84. The van der Waals surface area contributed by atoms with Gasteiger partial charge in [0, 0.05) is 11.3 Å². The lowest BCUT2D eigenvalue weighted by Crippen LogP contribution is -2.30. The number of Topliss-reactive ketones (excluding diaryl/α,β-unsaturated/α-hetero) is 1. The fourth-order valence-corrected chi connectivity index (χ4v) is 2.44. The third kappa shape index (κ3) is 3.66. The van der Waals surface area contributed by atoms with E-state index in [2.05, 4.69) is 10.4 Å². The number of hydrogen-bond donors (Lipinski definition) is 1. The molecule has 0 unspecified atom stereocenters. The standard InChI is InChI=1S/C19H15F2N3O2/c1-12-10-16(23-24(12)17-5-3-2-4-15(17)21)19(26)22-11-18(25)13-6-8-14(20)9-7-13/h2-10H,11H2,1H3,(H,22,26). The van der Waals surface area contributed by atoms with E-state index in [1.165, 1.54) is 41.1 Å².